The van der Waals surface area contributed by atoms with Gasteiger partial charge in [-0.25, -0.2) is 9.36 Å². The van der Waals surface area contributed by atoms with E-state index >= 15 is 0 Å². The number of aliphatic hydroxyl groups excluding tert-OH is 2. The van der Waals surface area contributed by atoms with E-state index in [4.69, 9.17) is 5.73 Å². The highest BCUT2D eigenvalue weighted by molar-refractivity contribution is 5.86. The van der Waals surface area contributed by atoms with E-state index in [9.17, 15) is 19.8 Å². The molecule has 1 atom stereocenters. The maximum Gasteiger partial charge on any atom is 0.233 e. The number of piperidine rings is 1. The molecule has 2 aliphatic rings. The van der Waals surface area contributed by atoms with Crippen LogP contribution in [0.1, 0.15) is 26.2 Å². The number of benzene rings is 1. The zero-order chi connectivity index (χ0) is 26.9. The van der Waals surface area contributed by atoms with Gasteiger partial charge >= 0.3 is 0 Å². The first-order valence-corrected chi connectivity index (χ1v) is 12.8. The van der Waals surface area contributed by atoms with Crippen LogP contribution in [0, 0.1) is 11.3 Å². The summed E-state index contributed by atoms with van der Waals surface area (Å²) in [7, 11) is 0. The predicted molar refractivity (Wildman–Crippen MR) is 142 cm³/mol. The highest BCUT2D eigenvalue weighted by Crippen LogP contribution is 2.37. The highest BCUT2D eigenvalue weighted by atomic mass is 16.3. The molecule has 2 aliphatic heterocycles. The molecule has 1 saturated heterocycles. The minimum absolute atomic E-state index is 0.103. The summed E-state index contributed by atoms with van der Waals surface area (Å²) in [6, 6.07) is 9.70. The summed E-state index contributed by atoms with van der Waals surface area (Å²) in [5.74, 6) is 0.908. The number of aliphatic hydroxyl groups is 2. The van der Waals surface area contributed by atoms with Crippen molar-refractivity contribution in [3.8, 4) is 16.8 Å². The van der Waals surface area contributed by atoms with Crippen LogP contribution in [0.15, 0.2) is 54.5 Å². The Labute approximate surface area is 220 Å². The predicted octanol–water partition coefficient (Wildman–Crippen LogP) is 1.48. The molecule has 3 aromatic rings. The van der Waals surface area contributed by atoms with Crippen molar-refractivity contribution in [3.63, 3.8) is 0 Å². The van der Waals surface area contributed by atoms with Gasteiger partial charge in [0.1, 0.15) is 17.9 Å². The fraction of sp³-hybridized carbons (Fsp3) is 0.407. The number of hydrogen-bond acceptors (Lipinski definition) is 8. The number of anilines is 1. The van der Waals surface area contributed by atoms with Crippen molar-refractivity contribution < 1.29 is 19.8 Å². The second kappa shape index (κ2) is 10.4. The van der Waals surface area contributed by atoms with Gasteiger partial charge in [-0.1, -0.05) is 18.2 Å². The van der Waals surface area contributed by atoms with Gasteiger partial charge in [-0.3, -0.25) is 9.59 Å². The second-order valence-corrected chi connectivity index (χ2v) is 10.3. The molecule has 5 rings (SSSR count). The summed E-state index contributed by atoms with van der Waals surface area (Å²) < 4.78 is 3.37. The Kier molecular flexibility index (Phi) is 7.04. The first-order chi connectivity index (χ1) is 18.4. The lowest BCUT2D eigenvalue weighted by molar-refractivity contribution is -0.147. The van der Waals surface area contributed by atoms with Crippen molar-refractivity contribution >= 4 is 23.8 Å². The van der Waals surface area contributed by atoms with Crippen molar-refractivity contribution in [2.45, 2.75) is 32.2 Å². The molecule has 0 spiro atoms. The van der Waals surface area contributed by atoms with Crippen molar-refractivity contribution in [2.75, 3.05) is 31.6 Å². The Morgan fingerprint density at radius 3 is 2.53 bits per heavy atom. The third kappa shape index (κ3) is 4.59. The number of likely N-dealkylation sites (tertiary alicyclic amines) is 1. The Balaban J connectivity index is 1.39. The smallest absolute Gasteiger partial charge is 0.233 e. The monoisotopic (exact) mass is 519 g/mol. The number of amides is 1. The van der Waals surface area contributed by atoms with E-state index in [1.807, 2.05) is 36.5 Å². The molecule has 2 aromatic heterocycles. The number of carbonyl (C=O) groups is 2. The fourth-order valence-electron chi connectivity index (χ4n) is 5.23. The summed E-state index contributed by atoms with van der Waals surface area (Å²) in [5, 5.41) is 31.9. The van der Waals surface area contributed by atoms with Gasteiger partial charge in [0.2, 0.25) is 5.91 Å². The van der Waals surface area contributed by atoms with E-state index in [0.717, 1.165) is 23.1 Å². The number of para-hydroxylation sites is 1. The zero-order valence-corrected chi connectivity index (χ0v) is 21.3. The fourth-order valence-corrected chi connectivity index (χ4v) is 5.23. The average Bonchev–Trinajstić information content (AvgIpc) is 3.59. The maximum absolute atomic E-state index is 12.9. The van der Waals surface area contributed by atoms with Crippen LogP contribution in [0.2, 0.25) is 0 Å². The van der Waals surface area contributed by atoms with E-state index in [-0.39, 0.29) is 17.9 Å². The van der Waals surface area contributed by atoms with E-state index in [0.29, 0.717) is 49.6 Å². The number of carbonyl (C=O) groups excluding carboxylic acids is 2. The number of aldehydes is 1. The molecule has 1 fully saturated rings. The molecule has 4 heterocycles. The molecular weight excluding hydrogens is 486 g/mol. The molecule has 38 heavy (non-hydrogen) atoms. The Morgan fingerprint density at radius 1 is 1.16 bits per heavy atom. The maximum atomic E-state index is 12.9. The first kappa shape index (κ1) is 25.7. The van der Waals surface area contributed by atoms with Gasteiger partial charge in [0.15, 0.2) is 0 Å². The normalized spacial score (nSPS) is 18.6. The largest absolute Gasteiger partial charge is 0.395 e. The summed E-state index contributed by atoms with van der Waals surface area (Å²) >= 11 is 0. The number of rotatable bonds is 7. The van der Waals surface area contributed by atoms with Gasteiger partial charge in [0.25, 0.3) is 0 Å². The molecule has 0 saturated carbocycles. The Hall–Kier alpha value is -3.96. The van der Waals surface area contributed by atoms with Gasteiger partial charge in [-0.15, -0.1) is 0 Å². The van der Waals surface area contributed by atoms with Crippen molar-refractivity contribution in [1.82, 2.24) is 24.5 Å². The van der Waals surface area contributed by atoms with Gasteiger partial charge in [0.05, 0.1) is 36.7 Å². The van der Waals surface area contributed by atoms with Crippen LogP contribution in [0.4, 0.5) is 5.82 Å². The van der Waals surface area contributed by atoms with E-state index in [1.165, 1.54) is 0 Å². The average molecular weight is 520 g/mol. The standard InChI is InChI=1S/C27H33N7O4/c1-27(16-36,17-37)26(38)32-9-7-18(8-10-32)23-11-19(15-35)24(28)34-25(31-23)22(13-30-34)20-12-29-33(14-20)21-5-3-2-4-6-21/h2-6,12-15,18,23,31,36-37H,7-11,16-17,28H2,1H3. The van der Waals surface area contributed by atoms with Crippen LogP contribution in [0.25, 0.3) is 22.6 Å². The highest BCUT2D eigenvalue weighted by Gasteiger charge is 2.39. The number of nitrogens with zero attached hydrogens (tertiary/aromatic N) is 5. The number of nitrogens with two attached hydrogens (primary N) is 1. The molecule has 1 aromatic carbocycles. The Bertz CT molecular complexity index is 1330. The van der Waals surface area contributed by atoms with Crippen molar-refractivity contribution in [2.24, 2.45) is 17.1 Å². The van der Waals surface area contributed by atoms with Crippen LogP contribution >= 0.6 is 0 Å². The zero-order valence-electron chi connectivity index (χ0n) is 21.3. The van der Waals surface area contributed by atoms with Crippen LogP contribution < -0.4 is 11.1 Å². The minimum atomic E-state index is -1.19. The van der Waals surface area contributed by atoms with E-state index < -0.39 is 18.6 Å². The van der Waals surface area contributed by atoms with Gasteiger partial charge < -0.3 is 26.2 Å². The van der Waals surface area contributed by atoms with E-state index in [1.54, 1.807) is 33.6 Å². The summed E-state index contributed by atoms with van der Waals surface area (Å²) in [6.45, 7) is 1.76. The lowest BCUT2D eigenvalue weighted by Crippen LogP contribution is -2.50. The molecule has 11 nitrogen and oxygen atoms in total. The molecule has 11 heteroatoms. The molecule has 1 amide bonds. The number of hydrogen-bond donors (Lipinski definition) is 4. The molecule has 0 bridgehead atoms. The van der Waals surface area contributed by atoms with Crippen LogP contribution in [0.3, 0.4) is 0 Å². The van der Waals surface area contributed by atoms with Crippen molar-refractivity contribution in [3.05, 3.63) is 54.5 Å². The van der Waals surface area contributed by atoms with Gasteiger partial charge in [-0.2, -0.15) is 10.2 Å². The number of aromatic nitrogens is 4. The van der Waals surface area contributed by atoms with E-state index in [2.05, 4.69) is 15.5 Å². The molecule has 200 valence electrons. The van der Waals surface area contributed by atoms with Gasteiger partial charge in [0, 0.05) is 42.0 Å². The third-order valence-electron chi connectivity index (χ3n) is 7.76. The lowest BCUT2D eigenvalue weighted by Gasteiger charge is -2.39. The third-order valence-corrected chi connectivity index (χ3v) is 7.76. The molecule has 5 N–H and O–H groups in total. The topological polar surface area (TPSA) is 152 Å². The van der Waals surface area contributed by atoms with Crippen LogP contribution in [0.5, 0.6) is 0 Å². The molecule has 0 aliphatic carbocycles. The van der Waals surface area contributed by atoms with Gasteiger partial charge in [-0.05, 0) is 44.2 Å². The van der Waals surface area contributed by atoms with Crippen molar-refractivity contribution in [1.29, 1.82) is 0 Å². The number of fused-ring (bicyclic) bond motifs is 1. The molecule has 0 radical (unpaired) electrons. The minimum Gasteiger partial charge on any atom is -0.395 e. The lowest BCUT2D eigenvalue weighted by atomic mass is 9.84. The summed E-state index contributed by atoms with van der Waals surface area (Å²) in [6.07, 6.45) is 8.06. The Morgan fingerprint density at radius 2 is 1.87 bits per heavy atom. The SMILES string of the molecule is CC(CO)(CO)C(=O)N1CCC(C2CC(C=O)=C(N)n3ncc(-c4cnn(-c5ccccc5)c4)c3N2)CC1. The first-order valence-electron chi connectivity index (χ1n) is 12.8. The number of nitrogens with one attached hydrogen (secondary N) is 1. The second-order valence-electron chi connectivity index (χ2n) is 10.3. The van der Waals surface area contributed by atoms with Crippen LogP contribution in [-0.4, -0.2) is 79.2 Å². The summed E-state index contributed by atoms with van der Waals surface area (Å²) in [4.78, 5) is 26.6. The molecule has 1 unspecified atom stereocenters. The quantitative estimate of drug-likeness (QED) is 0.343. The summed E-state index contributed by atoms with van der Waals surface area (Å²) in [5.41, 5.74) is 8.30. The van der Waals surface area contributed by atoms with Crippen LogP contribution in [-0.2, 0) is 9.59 Å². The molecular formula is C27H33N7O4.